The molecule has 2 heterocycles. The average Bonchev–Trinajstić information content (AvgIpc) is 3.09. The highest BCUT2D eigenvalue weighted by atomic mass is 16.5. The first-order valence-electron chi connectivity index (χ1n) is 7.47. The van der Waals surface area contributed by atoms with Crippen molar-refractivity contribution in [2.24, 2.45) is 0 Å². The molecule has 0 aromatic heterocycles. The number of carboxylic acids is 1. The highest BCUT2D eigenvalue weighted by molar-refractivity contribution is 5.83. The molecule has 0 bridgehead atoms. The lowest BCUT2D eigenvalue weighted by atomic mass is 10.2. The Kier molecular flexibility index (Phi) is 4.99. The summed E-state index contributed by atoms with van der Waals surface area (Å²) in [7, 11) is 0. The van der Waals surface area contributed by atoms with Crippen LogP contribution in [0.15, 0.2) is 0 Å². The average molecular weight is 284 g/mol. The second-order valence-electron chi connectivity index (χ2n) is 5.48. The summed E-state index contributed by atoms with van der Waals surface area (Å²) in [6.07, 6.45) is 0.556. The molecule has 6 heteroatoms. The van der Waals surface area contributed by atoms with E-state index in [4.69, 9.17) is 9.84 Å². The van der Waals surface area contributed by atoms with Gasteiger partial charge in [-0.05, 0) is 32.4 Å². The van der Waals surface area contributed by atoms with Crippen molar-refractivity contribution in [2.45, 2.75) is 51.4 Å². The highest BCUT2D eigenvalue weighted by Crippen LogP contribution is 2.24. The maximum Gasteiger partial charge on any atom is 0.332 e. The molecule has 0 aromatic rings. The minimum atomic E-state index is -0.970. The van der Waals surface area contributed by atoms with Crippen LogP contribution in [0.2, 0.25) is 0 Å². The fourth-order valence-corrected chi connectivity index (χ4v) is 3.18. The van der Waals surface area contributed by atoms with E-state index in [0.29, 0.717) is 18.9 Å². The second-order valence-corrected chi connectivity index (χ2v) is 5.48. The highest BCUT2D eigenvalue weighted by Gasteiger charge is 2.39. The summed E-state index contributed by atoms with van der Waals surface area (Å²) in [5, 5.41) is 8.90. The summed E-state index contributed by atoms with van der Waals surface area (Å²) in [5.74, 6) is -1.01. The second kappa shape index (κ2) is 6.54. The Morgan fingerprint density at radius 3 is 2.40 bits per heavy atom. The van der Waals surface area contributed by atoms with Gasteiger partial charge >= 0.3 is 5.97 Å². The maximum absolute atomic E-state index is 12.4. The summed E-state index contributed by atoms with van der Waals surface area (Å²) in [6.45, 7) is 7.72. The fourth-order valence-electron chi connectivity index (χ4n) is 3.18. The van der Waals surface area contributed by atoms with Gasteiger partial charge in [-0.1, -0.05) is 13.8 Å². The number of ether oxygens (including phenoxy) is 1. The number of rotatable bonds is 5. The van der Waals surface area contributed by atoms with Crippen LogP contribution in [0.4, 0.5) is 0 Å². The molecule has 2 aliphatic heterocycles. The van der Waals surface area contributed by atoms with E-state index in [1.807, 2.05) is 4.90 Å². The van der Waals surface area contributed by atoms with Crippen LogP contribution in [0.25, 0.3) is 0 Å². The molecule has 114 valence electrons. The van der Waals surface area contributed by atoms with Gasteiger partial charge in [0.05, 0.1) is 0 Å². The summed E-state index contributed by atoms with van der Waals surface area (Å²) < 4.78 is 5.34. The number of carbonyl (C=O) groups is 2. The third-order valence-corrected chi connectivity index (χ3v) is 4.37. The number of aliphatic carboxylic acids is 1. The lowest BCUT2D eigenvalue weighted by Crippen LogP contribution is -2.42. The third kappa shape index (κ3) is 3.12. The molecule has 3 unspecified atom stereocenters. The van der Waals surface area contributed by atoms with Crippen LogP contribution in [0.1, 0.15) is 33.1 Å². The largest absolute Gasteiger partial charge is 0.479 e. The fraction of sp³-hybridized carbons (Fsp3) is 0.857. The van der Waals surface area contributed by atoms with Crippen molar-refractivity contribution in [1.82, 2.24) is 9.80 Å². The Morgan fingerprint density at radius 2 is 1.85 bits per heavy atom. The van der Waals surface area contributed by atoms with Crippen LogP contribution in [-0.4, -0.2) is 71.2 Å². The van der Waals surface area contributed by atoms with Gasteiger partial charge in [0.15, 0.2) is 6.10 Å². The predicted molar refractivity (Wildman–Crippen MR) is 73.4 cm³/mol. The molecule has 2 fully saturated rings. The van der Waals surface area contributed by atoms with Crippen molar-refractivity contribution in [2.75, 3.05) is 26.2 Å². The number of hydrogen-bond donors (Lipinski definition) is 1. The number of carbonyl (C=O) groups excluding carboxylic acids is 1. The van der Waals surface area contributed by atoms with E-state index < -0.39 is 18.2 Å². The molecule has 0 spiro atoms. The van der Waals surface area contributed by atoms with E-state index in [1.54, 1.807) is 0 Å². The molecular formula is C14H24N2O4. The van der Waals surface area contributed by atoms with Gasteiger partial charge in [0.2, 0.25) is 0 Å². The Morgan fingerprint density at radius 1 is 1.20 bits per heavy atom. The summed E-state index contributed by atoms with van der Waals surface area (Å²) in [5.41, 5.74) is 0. The number of hydrogen-bond acceptors (Lipinski definition) is 4. The smallest absolute Gasteiger partial charge is 0.332 e. The molecule has 0 radical (unpaired) electrons. The molecule has 20 heavy (non-hydrogen) atoms. The Balaban J connectivity index is 1.87. The lowest BCUT2D eigenvalue weighted by molar-refractivity contribution is -0.154. The first kappa shape index (κ1) is 15.3. The molecule has 0 saturated carbocycles. The van der Waals surface area contributed by atoms with Gasteiger partial charge in [-0.2, -0.15) is 0 Å². The molecule has 1 N–H and O–H groups in total. The zero-order chi connectivity index (χ0) is 14.7. The van der Waals surface area contributed by atoms with Crippen LogP contribution in [0.5, 0.6) is 0 Å². The van der Waals surface area contributed by atoms with Crippen LogP contribution < -0.4 is 0 Å². The van der Waals surface area contributed by atoms with E-state index in [0.717, 1.165) is 32.6 Å². The third-order valence-electron chi connectivity index (χ3n) is 4.37. The van der Waals surface area contributed by atoms with Crippen LogP contribution >= 0.6 is 0 Å². The van der Waals surface area contributed by atoms with Crippen molar-refractivity contribution in [1.29, 1.82) is 0 Å². The van der Waals surface area contributed by atoms with Gasteiger partial charge in [-0.25, -0.2) is 4.79 Å². The number of likely N-dealkylation sites (N-methyl/N-ethyl adjacent to an activating group) is 1. The van der Waals surface area contributed by atoms with E-state index in [1.165, 1.54) is 0 Å². The minimum Gasteiger partial charge on any atom is -0.479 e. The standard InChI is InChI=1S/C14H24N2O4/c1-3-15(4-2)10-7-8-16(9-10)13(17)11-5-6-12(20-11)14(18)19/h10-12H,3-9H2,1-2H3,(H,18,19). The Hall–Kier alpha value is -1.14. The van der Waals surface area contributed by atoms with Gasteiger partial charge in [-0.3, -0.25) is 9.69 Å². The van der Waals surface area contributed by atoms with Crippen molar-refractivity contribution < 1.29 is 19.4 Å². The van der Waals surface area contributed by atoms with E-state index in [2.05, 4.69) is 18.7 Å². The minimum absolute atomic E-state index is 0.0385. The molecule has 2 saturated heterocycles. The van der Waals surface area contributed by atoms with Gasteiger partial charge in [0.1, 0.15) is 6.10 Å². The molecule has 1 amide bonds. The molecule has 6 nitrogen and oxygen atoms in total. The number of carboxylic acid groups (broad SMARTS) is 1. The number of nitrogens with zero attached hydrogens (tertiary/aromatic N) is 2. The number of amides is 1. The van der Waals surface area contributed by atoms with Crippen LogP contribution in [-0.2, 0) is 14.3 Å². The van der Waals surface area contributed by atoms with Gasteiger partial charge in [0, 0.05) is 19.1 Å². The SMILES string of the molecule is CCN(CC)C1CCN(C(=O)C2CCC(C(=O)O)O2)C1. The predicted octanol–water partition coefficient (Wildman–Crippen LogP) is 0.561. The summed E-state index contributed by atoms with van der Waals surface area (Å²) in [4.78, 5) is 27.4. The van der Waals surface area contributed by atoms with Crippen molar-refractivity contribution in [3.63, 3.8) is 0 Å². The molecule has 2 aliphatic rings. The van der Waals surface area contributed by atoms with Crippen molar-refractivity contribution in [3.8, 4) is 0 Å². The van der Waals surface area contributed by atoms with E-state index in [9.17, 15) is 9.59 Å². The Bertz CT molecular complexity index is 370. The molecule has 2 rings (SSSR count). The quantitative estimate of drug-likeness (QED) is 0.799. The first-order chi connectivity index (χ1) is 9.56. The summed E-state index contributed by atoms with van der Waals surface area (Å²) in [6, 6.07) is 0.422. The van der Waals surface area contributed by atoms with E-state index >= 15 is 0 Å². The maximum atomic E-state index is 12.4. The van der Waals surface area contributed by atoms with Gasteiger partial charge in [0.25, 0.3) is 5.91 Å². The van der Waals surface area contributed by atoms with Crippen molar-refractivity contribution in [3.05, 3.63) is 0 Å². The normalized spacial score (nSPS) is 30.1. The van der Waals surface area contributed by atoms with Crippen molar-refractivity contribution >= 4 is 11.9 Å². The molecule has 3 atom stereocenters. The molecular weight excluding hydrogens is 260 g/mol. The van der Waals surface area contributed by atoms with Gasteiger partial charge in [-0.15, -0.1) is 0 Å². The molecule has 0 aliphatic carbocycles. The first-order valence-corrected chi connectivity index (χ1v) is 7.47. The van der Waals surface area contributed by atoms with Crippen LogP contribution in [0.3, 0.4) is 0 Å². The summed E-state index contributed by atoms with van der Waals surface area (Å²) >= 11 is 0. The Labute approximate surface area is 119 Å². The monoisotopic (exact) mass is 284 g/mol. The zero-order valence-electron chi connectivity index (χ0n) is 12.2. The number of likely N-dealkylation sites (tertiary alicyclic amines) is 1. The van der Waals surface area contributed by atoms with E-state index in [-0.39, 0.29) is 5.91 Å². The van der Waals surface area contributed by atoms with Crippen LogP contribution in [0, 0.1) is 0 Å². The van der Waals surface area contributed by atoms with Gasteiger partial charge < -0.3 is 14.7 Å². The zero-order valence-corrected chi connectivity index (χ0v) is 12.2. The topological polar surface area (TPSA) is 70.1 Å². The molecule has 0 aromatic carbocycles. The lowest BCUT2D eigenvalue weighted by Gasteiger charge is -2.26.